The second-order valence-electron chi connectivity index (χ2n) is 7.41. The molecule has 0 unspecified atom stereocenters. The predicted molar refractivity (Wildman–Crippen MR) is 110 cm³/mol. The number of nitrogens with one attached hydrogen (secondary N) is 2. The highest BCUT2D eigenvalue weighted by molar-refractivity contribution is 5.84. The Morgan fingerprint density at radius 3 is 1.63 bits per heavy atom. The second-order valence-corrected chi connectivity index (χ2v) is 7.41. The molecule has 6 heteroatoms. The first-order valence-corrected chi connectivity index (χ1v) is 11.0. The molecule has 27 heavy (non-hydrogen) atoms. The maximum atomic E-state index is 11.5. The van der Waals surface area contributed by atoms with Crippen molar-refractivity contribution < 1.29 is 19.8 Å². The highest BCUT2D eigenvalue weighted by Gasteiger charge is 2.17. The van der Waals surface area contributed by atoms with Crippen molar-refractivity contribution in [1.29, 1.82) is 0 Å². The average molecular weight is 387 g/mol. The third-order valence-corrected chi connectivity index (χ3v) is 4.81. The Hall–Kier alpha value is -1.14. The summed E-state index contributed by atoms with van der Waals surface area (Å²) >= 11 is 0. The van der Waals surface area contributed by atoms with Crippen molar-refractivity contribution >= 4 is 11.9 Å². The average Bonchev–Trinajstić information content (AvgIpc) is 2.65. The first kappa shape index (κ1) is 25.9. The summed E-state index contributed by atoms with van der Waals surface area (Å²) in [6.45, 7) is 2.50. The lowest BCUT2D eigenvalue weighted by Gasteiger charge is -2.11. The van der Waals surface area contributed by atoms with Crippen molar-refractivity contribution in [3.05, 3.63) is 0 Å². The summed E-state index contributed by atoms with van der Waals surface area (Å²) in [5.41, 5.74) is 0. The maximum Gasteiger partial charge on any atom is 0.328 e. The van der Waals surface area contributed by atoms with Crippen LogP contribution in [0.3, 0.4) is 0 Å². The van der Waals surface area contributed by atoms with Crippen LogP contribution in [-0.2, 0) is 9.59 Å². The Morgan fingerprint density at radius 2 is 1.22 bits per heavy atom. The highest BCUT2D eigenvalue weighted by Crippen LogP contribution is 2.12. The lowest BCUT2D eigenvalue weighted by atomic mass is 10.0. The van der Waals surface area contributed by atoms with Crippen molar-refractivity contribution in [1.82, 2.24) is 10.6 Å². The van der Waals surface area contributed by atoms with Crippen molar-refractivity contribution in [2.75, 3.05) is 19.7 Å². The summed E-state index contributed by atoms with van der Waals surface area (Å²) in [6.07, 6.45) is 18.4. The van der Waals surface area contributed by atoms with Gasteiger partial charge in [-0.05, 0) is 13.0 Å². The van der Waals surface area contributed by atoms with Crippen LogP contribution in [0.2, 0.25) is 0 Å². The molecular formula is C21H42N2O4. The Bertz CT molecular complexity index is 364. The molecule has 1 atom stereocenters. The van der Waals surface area contributed by atoms with Crippen molar-refractivity contribution in [3.63, 3.8) is 0 Å². The molecule has 0 radical (unpaired) electrons. The van der Waals surface area contributed by atoms with Gasteiger partial charge in [-0.2, -0.15) is 0 Å². The zero-order chi connectivity index (χ0) is 20.2. The van der Waals surface area contributed by atoms with Gasteiger partial charge < -0.3 is 20.8 Å². The van der Waals surface area contributed by atoms with E-state index in [4.69, 9.17) is 10.2 Å². The van der Waals surface area contributed by atoms with Gasteiger partial charge in [-0.15, -0.1) is 0 Å². The van der Waals surface area contributed by atoms with E-state index in [1.165, 1.54) is 77.0 Å². The third kappa shape index (κ3) is 18.0. The lowest BCUT2D eigenvalue weighted by molar-refractivity contribution is -0.142. The topological polar surface area (TPSA) is 98.7 Å². The van der Waals surface area contributed by atoms with Crippen LogP contribution in [0.4, 0.5) is 0 Å². The number of aliphatic hydroxyl groups excluding tert-OH is 1. The normalized spacial score (nSPS) is 12.1. The largest absolute Gasteiger partial charge is 0.480 e. The van der Waals surface area contributed by atoms with E-state index < -0.39 is 24.5 Å². The number of rotatable bonds is 20. The van der Waals surface area contributed by atoms with Crippen LogP contribution >= 0.6 is 0 Å². The molecule has 0 heterocycles. The highest BCUT2D eigenvalue weighted by atomic mass is 16.4. The van der Waals surface area contributed by atoms with Crippen LogP contribution in [0, 0.1) is 0 Å². The molecule has 0 bridgehead atoms. The molecule has 0 rings (SSSR count). The van der Waals surface area contributed by atoms with Crippen molar-refractivity contribution in [2.24, 2.45) is 0 Å². The van der Waals surface area contributed by atoms with Crippen LogP contribution in [-0.4, -0.2) is 47.8 Å². The van der Waals surface area contributed by atoms with Gasteiger partial charge in [0.2, 0.25) is 5.91 Å². The summed E-state index contributed by atoms with van der Waals surface area (Å²) < 4.78 is 0. The Morgan fingerprint density at radius 1 is 0.778 bits per heavy atom. The fraction of sp³-hybridized carbons (Fsp3) is 0.905. The molecule has 0 saturated carbocycles. The Kier molecular flexibility index (Phi) is 18.8. The monoisotopic (exact) mass is 386 g/mol. The maximum absolute atomic E-state index is 11.5. The number of carbonyl (C=O) groups is 2. The van der Waals surface area contributed by atoms with Gasteiger partial charge in [-0.25, -0.2) is 4.79 Å². The molecule has 0 aromatic heterocycles. The number of carbonyl (C=O) groups excluding carboxylic acids is 1. The van der Waals surface area contributed by atoms with E-state index >= 15 is 0 Å². The fourth-order valence-electron chi connectivity index (χ4n) is 3.08. The molecule has 0 fully saturated rings. The molecule has 0 spiro atoms. The van der Waals surface area contributed by atoms with E-state index in [0.29, 0.717) is 0 Å². The van der Waals surface area contributed by atoms with Gasteiger partial charge in [-0.1, -0.05) is 90.4 Å². The van der Waals surface area contributed by atoms with Crippen LogP contribution in [0.15, 0.2) is 0 Å². The van der Waals surface area contributed by atoms with Crippen molar-refractivity contribution in [2.45, 2.75) is 103 Å². The van der Waals surface area contributed by atoms with Gasteiger partial charge in [0.05, 0.1) is 13.2 Å². The first-order chi connectivity index (χ1) is 13.1. The molecule has 1 amide bonds. The molecule has 0 aliphatic carbocycles. The summed E-state index contributed by atoms with van der Waals surface area (Å²) in [5.74, 6) is -1.63. The number of aliphatic carboxylic acids is 1. The van der Waals surface area contributed by atoms with Crippen LogP contribution in [0.5, 0.6) is 0 Å². The summed E-state index contributed by atoms with van der Waals surface area (Å²) in [7, 11) is 0. The number of amides is 1. The number of aliphatic hydroxyl groups is 1. The number of hydrogen-bond donors (Lipinski definition) is 4. The van der Waals surface area contributed by atoms with Crippen molar-refractivity contribution in [3.8, 4) is 0 Å². The zero-order valence-corrected chi connectivity index (χ0v) is 17.3. The standard InChI is InChI=1S/C21H42N2O4/c1-2-3-4-5-6-7-8-9-10-11-12-13-14-15-16-22-17-20(25)23-19(18-24)21(26)27/h19,22,24H,2-18H2,1H3,(H,23,25)(H,26,27)/t19-/m0/s1. The van der Waals surface area contributed by atoms with Gasteiger partial charge in [0.1, 0.15) is 6.04 Å². The molecular weight excluding hydrogens is 344 g/mol. The molecule has 4 N–H and O–H groups in total. The SMILES string of the molecule is CCCCCCCCCCCCCCCCNCC(=O)N[C@@H](CO)C(=O)O. The molecule has 0 aliphatic heterocycles. The van der Waals surface area contributed by atoms with Gasteiger partial charge in [0.25, 0.3) is 0 Å². The van der Waals surface area contributed by atoms with Crippen LogP contribution < -0.4 is 10.6 Å². The van der Waals surface area contributed by atoms with E-state index in [1.807, 2.05) is 0 Å². The van der Waals surface area contributed by atoms with Gasteiger partial charge >= 0.3 is 5.97 Å². The Balaban J connectivity index is 3.25. The van der Waals surface area contributed by atoms with Crippen LogP contribution in [0.25, 0.3) is 0 Å². The number of carboxylic acids is 1. The first-order valence-electron chi connectivity index (χ1n) is 11.0. The molecule has 6 nitrogen and oxygen atoms in total. The van der Waals surface area contributed by atoms with E-state index in [9.17, 15) is 9.59 Å². The number of unbranched alkanes of at least 4 members (excludes halogenated alkanes) is 13. The molecule has 160 valence electrons. The second kappa shape index (κ2) is 19.6. The molecule has 0 aromatic rings. The van der Waals surface area contributed by atoms with E-state index in [0.717, 1.165) is 19.4 Å². The van der Waals surface area contributed by atoms with Crippen LogP contribution in [0.1, 0.15) is 96.8 Å². The van der Waals surface area contributed by atoms with E-state index in [-0.39, 0.29) is 6.54 Å². The quantitative estimate of drug-likeness (QED) is 0.240. The minimum atomic E-state index is -1.22. The molecule has 0 aromatic carbocycles. The van der Waals surface area contributed by atoms with Gasteiger partial charge in [-0.3, -0.25) is 4.79 Å². The smallest absolute Gasteiger partial charge is 0.328 e. The minimum absolute atomic E-state index is 0.0855. The molecule has 0 aliphatic rings. The third-order valence-electron chi connectivity index (χ3n) is 4.81. The summed E-state index contributed by atoms with van der Waals surface area (Å²) in [4.78, 5) is 22.2. The minimum Gasteiger partial charge on any atom is -0.480 e. The molecule has 0 saturated heterocycles. The Labute approximate surface area is 165 Å². The fourth-order valence-corrected chi connectivity index (χ4v) is 3.08. The summed E-state index contributed by atoms with van der Waals surface area (Å²) in [6, 6.07) is -1.22. The van der Waals surface area contributed by atoms with Gasteiger partial charge in [0.15, 0.2) is 0 Å². The zero-order valence-electron chi connectivity index (χ0n) is 17.3. The number of carboxylic acid groups (broad SMARTS) is 1. The summed E-state index contributed by atoms with van der Waals surface area (Å²) in [5, 5.41) is 22.9. The van der Waals surface area contributed by atoms with Gasteiger partial charge in [0, 0.05) is 0 Å². The van der Waals surface area contributed by atoms with E-state index in [2.05, 4.69) is 17.6 Å². The lowest BCUT2D eigenvalue weighted by Crippen LogP contribution is -2.46. The number of hydrogen-bond acceptors (Lipinski definition) is 4. The predicted octanol–water partition coefficient (Wildman–Crippen LogP) is 3.62. The van der Waals surface area contributed by atoms with E-state index in [1.54, 1.807) is 0 Å².